The van der Waals surface area contributed by atoms with Crippen molar-refractivity contribution in [3.8, 4) is 0 Å². The number of hydrogen-bond donors (Lipinski definition) is 1. The van der Waals surface area contributed by atoms with Gasteiger partial charge in [-0.3, -0.25) is 24.5 Å². The minimum absolute atomic E-state index is 0.0797. The average molecular weight is 489 g/mol. The van der Waals surface area contributed by atoms with Crippen LogP contribution in [0.5, 0.6) is 0 Å². The number of piperidine rings is 2. The van der Waals surface area contributed by atoms with Crippen molar-refractivity contribution >= 4 is 29.3 Å². The van der Waals surface area contributed by atoms with Gasteiger partial charge in [-0.2, -0.15) is 0 Å². The topological polar surface area (TPSA) is 116 Å². The molecule has 0 aliphatic carbocycles. The highest BCUT2D eigenvalue weighted by Crippen LogP contribution is 2.43. The predicted octanol–water partition coefficient (Wildman–Crippen LogP) is 0.909. The zero-order chi connectivity index (χ0) is 24.9. The van der Waals surface area contributed by atoms with Crippen molar-refractivity contribution < 1.29 is 19.2 Å². The highest BCUT2D eigenvalue weighted by molar-refractivity contribution is 6.05. The Morgan fingerprint density at radius 1 is 1.08 bits per heavy atom. The lowest BCUT2D eigenvalue weighted by Gasteiger charge is -2.55. The Bertz CT molecular complexity index is 1230. The van der Waals surface area contributed by atoms with Gasteiger partial charge in [-0.25, -0.2) is 9.97 Å². The molecule has 2 aromatic rings. The van der Waals surface area contributed by atoms with E-state index in [1.165, 1.54) is 0 Å². The average Bonchev–Trinajstić information content (AvgIpc) is 3.18. The van der Waals surface area contributed by atoms with Gasteiger partial charge in [-0.05, 0) is 49.1 Å². The van der Waals surface area contributed by atoms with Crippen LogP contribution in [0.1, 0.15) is 47.4 Å². The molecule has 1 aromatic heterocycles. The molecule has 1 unspecified atom stereocenters. The number of aromatic nitrogens is 2. The van der Waals surface area contributed by atoms with Crippen LogP contribution in [-0.2, 0) is 27.3 Å². The van der Waals surface area contributed by atoms with E-state index in [0.717, 1.165) is 50.3 Å². The maximum absolute atomic E-state index is 12.9. The third kappa shape index (κ3) is 4.00. The van der Waals surface area contributed by atoms with Crippen LogP contribution in [0, 0.1) is 5.41 Å². The molecular formula is C26H28N6O4. The number of amides is 4. The summed E-state index contributed by atoms with van der Waals surface area (Å²) in [5, 5.41) is 2.35. The number of hydrogen-bond acceptors (Lipinski definition) is 7. The monoisotopic (exact) mass is 488 g/mol. The van der Waals surface area contributed by atoms with Crippen LogP contribution in [-0.4, -0.2) is 75.6 Å². The fourth-order valence-electron chi connectivity index (χ4n) is 5.92. The van der Waals surface area contributed by atoms with E-state index in [9.17, 15) is 19.2 Å². The molecule has 0 saturated carbocycles. The van der Waals surface area contributed by atoms with Gasteiger partial charge in [0, 0.05) is 68.2 Å². The molecule has 3 saturated heterocycles. The molecule has 6 rings (SSSR count). The van der Waals surface area contributed by atoms with Crippen LogP contribution in [0.4, 0.5) is 5.69 Å². The lowest BCUT2D eigenvalue weighted by molar-refractivity contribution is -0.137. The van der Waals surface area contributed by atoms with Gasteiger partial charge < -0.3 is 14.7 Å². The molecule has 0 radical (unpaired) electrons. The molecule has 4 amide bonds. The standard InChI is InChI=1S/C26H28N6O4/c33-22-5-4-20(24(35)29-22)32-14-17-12-18(2-3-19(17)25(32)36)31-15-26(16-31)6-10-30(11-7-26)23(34)13-21-27-8-1-9-28-21/h1-3,8-9,12,20H,4-7,10-11,13-16H2,(H,29,33,35). The van der Waals surface area contributed by atoms with Gasteiger partial charge in [0.2, 0.25) is 17.7 Å². The van der Waals surface area contributed by atoms with Crippen LogP contribution < -0.4 is 10.2 Å². The number of benzene rings is 1. The second-order valence-corrected chi connectivity index (χ2v) is 10.3. The smallest absolute Gasteiger partial charge is 0.255 e. The molecule has 1 atom stereocenters. The van der Waals surface area contributed by atoms with Crippen molar-refractivity contribution in [2.45, 2.75) is 44.7 Å². The number of nitrogens with zero attached hydrogens (tertiary/aromatic N) is 5. The molecule has 10 nitrogen and oxygen atoms in total. The molecule has 4 aliphatic heterocycles. The maximum atomic E-state index is 12.9. The van der Waals surface area contributed by atoms with Crippen LogP contribution in [0.25, 0.3) is 0 Å². The van der Waals surface area contributed by atoms with Crippen LogP contribution in [0.15, 0.2) is 36.7 Å². The van der Waals surface area contributed by atoms with Crippen molar-refractivity contribution in [1.82, 2.24) is 25.1 Å². The van der Waals surface area contributed by atoms with Gasteiger partial charge in [0.05, 0.1) is 6.42 Å². The lowest BCUT2D eigenvalue weighted by atomic mass is 9.71. The van der Waals surface area contributed by atoms with Crippen LogP contribution in [0.2, 0.25) is 0 Å². The predicted molar refractivity (Wildman–Crippen MR) is 129 cm³/mol. The molecule has 3 fully saturated rings. The third-order valence-electron chi connectivity index (χ3n) is 8.03. The van der Waals surface area contributed by atoms with Crippen molar-refractivity contribution in [3.05, 3.63) is 53.6 Å². The quantitative estimate of drug-likeness (QED) is 0.636. The summed E-state index contributed by atoms with van der Waals surface area (Å²) in [6, 6.07) is 7.05. The minimum atomic E-state index is -0.598. The highest BCUT2D eigenvalue weighted by Gasteiger charge is 2.46. The Hall–Kier alpha value is -3.82. The van der Waals surface area contributed by atoms with E-state index in [1.54, 1.807) is 23.4 Å². The Morgan fingerprint density at radius 2 is 1.83 bits per heavy atom. The molecular weight excluding hydrogens is 460 g/mol. The second kappa shape index (κ2) is 8.69. The number of anilines is 1. The fraction of sp³-hybridized carbons (Fsp3) is 0.462. The minimum Gasteiger partial charge on any atom is -0.370 e. The summed E-state index contributed by atoms with van der Waals surface area (Å²) in [5.41, 5.74) is 2.85. The van der Waals surface area contributed by atoms with Gasteiger partial charge in [0.25, 0.3) is 5.91 Å². The first kappa shape index (κ1) is 22.6. The van der Waals surface area contributed by atoms with E-state index in [2.05, 4.69) is 26.3 Å². The van der Waals surface area contributed by atoms with E-state index in [0.29, 0.717) is 24.4 Å². The highest BCUT2D eigenvalue weighted by atomic mass is 16.2. The van der Waals surface area contributed by atoms with Crippen LogP contribution in [0.3, 0.4) is 0 Å². The van der Waals surface area contributed by atoms with Crippen LogP contribution >= 0.6 is 0 Å². The van der Waals surface area contributed by atoms with E-state index in [-0.39, 0.29) is 36.0 Å². The molecule has 1 aromatic carbocycles. The molecule has 0 bridgehead atoms. The number of imide groups is 1. The van der Waals surface area contributed by atoms with Gasteiger partial charge >= 0.3 is 0 Å². The maximum Gasteiger partial charge on any atom is 0.255 e. The number of likely N-dealkylation sites (tertiary alicyclic amines) is 1. The number of nitrogens with one attached hydrogen (secondary N) is 1. The van der Waals surface area contributed by atoms with Crippen molar-refractivity contribution in [3.63, 3.8) is 0 Å². The van der Waals surface area contributed by atoms with E-state index < -0.39 is 11.9 Å². The Balaban J connectivity index is 1.05. The van der Waals surface area contributed by atoms with Gasteiger partial charge in [0.15, 0.2) is 0 Å². The summed E-state index contributed by atoms with van der Waals surface area (Å²) in [5.74, 6) is -0.183. The largest absolute Gasteiger partial charge is 0.370 e. The zero-order valence-corrected chi connectivity index (χ0v) is 20.0. The molecule has 1 spiro atoms. The summed E-state index contributed by atoms with van der Waals surface area (Å²) in [7, 11) is 0. The lowest BCUT2D eigenvalue weighted by Crippen LogP contribution is -2.61. The van der Waals surface area contributed by atoms with Gasteiger partial charge in [-0.1, -0.05) is 0 Å². The SMILES string of the molecule is O=C1CCC(N2Cc3cc(N4CC5(CCN(C(=O)Cc6ncccn6)CC5)C4)ccc3C2=O)C(=O)N1. The summed E-state index contributed by atoms with van der Waals surface area (Å²) < 4.78 is 0. The molecule has 5 heterocycles. The molecule has 1 N–H and O–H groups in total. The second-order valence-electron chi connectivity index (χ2n) is 10.3. The van der Waals surface area contributed by atoms with E-state index >= 15 is 0 Å². The molecule has 186 valence electrons. The number of rotatable bonds is 4. The van der Waals surface area contributed by atoms with Gasteiger partial charge in [-0.15, -0.1) is 0 Å². The first-order valence-corrected chi connectivity index (χ1v) is 12.5. The Kier molecular flexibility index (Phi) is 5.46. The summed E-state index contributed by atoms with van der Waals surface area (Å²) >= 11 is 0. The number of carbonyl (C=O) groups excluding carboxylic acids is 4. The van der Waals surface area contributed by atoms with Gasteiger partial charge in [0.1, 0.15) is 11.9 Å². The van der Waals surface area contributed by atoms with Crippen molar-refractivity contribution in [1.29, 1.82) is 0 Å². The molecule has 36 heavy (non-hydrogen) atoms. The Labute approximate surface area is 208 Å². The van der Waals surface area contributed by atoms with E-state index in [4.69, 9.17) is 0 Å². The summed E-state index contributed by atoms with van der Waals surface area (Å²) in [6.45, 7) is 3.74. The summed E-state index contributed by atoms with van der Waals surface area (Å²) in [6.07, 6.45) is 6.11. The van der Waals surface area contributed by atoms with Crippen molar-refractivity contribution in [2.24, 2.45) is 5.41 Å². The Morgan fingerprint density at radius 3 is 2.56 bits per heavy atom. The van der Waals surface area contributed by atoms with E-state index in [1.807, 2.05) is 17.0 Å². The summed E-state index contributed by atoms with van der Waals surface area (Å²) in [4.78, 5) is 63.5. The normalized spacial score (nSPS) is 22.9. The first-order chi connectivity index (χ1) is 17.4. The van der Waals surface area contributed by atoms with Crippen molar-refractivity contribution in [2.75, 3.05) is 31.1 Å². The zero-order valence-electron chi connectivity index (χ0n) is 20.0. The fourth-order valence-corrected chi connectivity index (χ4v) is 5.92. The molecule has 4 aliphatic rings. The molecule has 10 heteroatoms. The number of fused-ring (bicyclic) bond motifs is 1. The first-order valence-electron chi connectivity index (χ1n) is 12.5. The number of carbonyl (C=O) groups is 4. The third-order valence-corrected chi connectivity index (χ3v) is 8.03.